The fourth-order valence-electron chi connectivity index (χ4n) is 1.79. The van der Waals surface area contributed by atoms with Crippen molar-refractivity contribution in [1.29, 1.82) is 0 Å². The van der Waals surface area contributed by atoms with Crippen molar-refractivity contribution in [2.75, 3.05) is 11.1 Å². The molecule has 18 heavy (non-hydrogen) atoms. The van der Waals surface area contributed by atoms with Gasteiger partial charge in [0.25, 0.3) is 0 Å². The molecular weight excluding hydrogens is 251 g/mol. The van der Waals surface area contributed by atoms with E-state index in [9.17, 15) is 4.39 Å². The Hall–Kier alpha value is -1.74. The summed E-state index contributed by atoms with van der Waals surface area (Å²) in [5.41, 5.74) is 7.56. The predicted molar refractivity (Wildman–Crippen MR) is 74.3 cm³/mol. The minimum absolute atomic E-state index is 0.174. The van der Waals surface area contributed by atoms with E-state index in [0.29, 0.717) is 16.3 Å². The largest absolute Gasteiger partial charge is 0.399 e. The van der Waals surface area contributed by atoms with E-state index in [1.165, 1.54) is 6.07 Å². The molecule has 0 aliphatic carbocycles. The maximum atomic E-state index is 13.6. The molecule has 94 valence electrons. The van der Waals surface area contributed by atoms with E-state index >= 15 is 0 Å². The van der Waals surface area contributed by atoms with Gasteiger partial charge in [-0.25, -0.2) is 4.39 Å². The van der Waals surface area contributed by atoms with E-state index in [2.05, 4.69) is 5.32 Å². The normalized spacial score (nSPS) is 12.2. The van der Waals surface area contributed by atoms with E-state index in [1.807, 2.05) is 6.92 Å². The maximum Gasteiger partial charge on any atom is 0.128 e. The summed E-state index contributed by atoms with van der Waals surface area (Å²) in [5, 5.41) is 3.69. The lowest BCUT2D eigenvalue weighted by molar-refractivity contribution is 0.600. The third-order valence-electron chi connectivity index (χ3n) is 2.74. The summed E-state index contributed by atoms with van der Waals surface area (Å²) in [7, 11) is 0. The van der Waals surface area contributed by atoms with Gasteiger partial charge in [-0.3, -0.25) is 0 Å². The molecule has 0 fully saturated rings. The Morgan fingerprint density at radius 3 is 2.61 bits per heavy atom. The zero-order valence-electron chi connectivity index (χ0n) is 9.95. The number of rotatable bonds is 3. The Morgan fingerprint density at radius 1 is 1.22 bits per heavy atom. The summed E-state index contributed by atoms with van der Waals surface area (Å²) in [6.07, 6.45) is 0. The summed E-state index contributed by atoms with van der Waals surface area (Å²) in [4.78, 5) is 0. The Morgan fingerprint density at radius 2 is 1.94 bits per heavy atom. The SMILES string of the molecule is CC(Nc1ccc(N)cc1Cl)c1ccccc1F. The van der Waals surface area contributed by atoms with E-state index in [-0.39, 0.29) is 11.9 Å². The molecule has 3 N–H and O–H groups in total. The molecule has 0 aliphatic heterocycles. The minimum atomic E-state index is -0.232. The average Bonchev–Trinajstić information content (AvgIpc) is 2.33. The summed E-state index contributed by atoms with van der Waals surface area (Å²) < 4.78 is 13.6. The van der Waals surface area contributed by atoms with Crippen molar-refractivity contribution in [3.63, 3.8) is 0 Å². The molecule has 0 spiro atoms. The van der Waals surface area contributed by atoms with Crippen molar-refractivity contribution in [2.24, 2.45) is 0 Å². The second kappa shape index (κ2) is 5.27. The zero-order valence-corrected chi connectivity index (χ0v) is 10.7. The molecule has 0 aromatic heterocycles. The first-order valence-electron chi connectivity index (χ1n) is 5.64. The lowest BCUT2D eigenvalue weighted by Gasteiger charge is -2.17. The number of halogens is 2. The summed E-state index contributed by atoms with van der Waals surface area (Å²) in [5.74, 6) is -0.232. The van der Waals surface area contributed by atoms with Gasteiger partial charge in [-0.05, 0) is 31.2 Å². The van der Waals surface area contributed by atoms with E-state index in [4.69, 9.17) is 17.3 Å². The molecule has 2 nitrogen and oxygen atoms in total. The molecule has 0 bridgehead atoms. The van der Waals surface area contributed by atoms with Gasteiger partial charge in [0.05, 0.1) is 16.8 Å². The zero-order chi connectivity index (χ0) is 13.1. The smallest absolute Gasteiger partial charge is 0.128 e. The van der Waals surface area contributed by atoms with Crippen LogP contribution in [0.1, 0.15) is 18.5 Å². The standard InChI is InChI=1S/C14H14ClFN2/c1-9(11-4-2-3-5-13(11)16)18-14-7-6-10(17)8-12(14)15/h2-9,18H,17H2,1H3. The van der Waals surface area contributed by atoms with E-state index in [0.717, 1.165) is 5.69 Å². The van der Waals surface area contributed by atoms with Crippen molar-refractivity contribution in [3.8, 4) is 0 Å². The van der Waals surface area contributed by atoms with Crippen LogP contribution in [0.4, 0.5) is 15.8 Å². The van der Waals surface area contributed by atoms with Gasteiger partial charge in [0.15, 0.2) is 0 Å². The lowest BCUT2D eigenvalue weighted by Crippen LogP contribution is -2.08. The van der Waals surface area contributed by atoms with Crippen LogP contribution in [0.5, 0.6) is 0 Å². The highest BCUT2D eigenvalue weighted by molar-refractivity contribution is 6.33. The fraction of sp³-hybridized carbons (Fsp3) is 0.143. The molecule has 0 saturated carbocycles. The van der Waals surface area contributed by atoms with Crippen molar-refractivity contribution in [2.45, 2.75) is 13.0 Å². The fourth-order valence-corrected chi connectivity index (χ4v) is 2.03. The lowest BCUT2D eigenvalue weighted by atomic mass is 10.1. The van der Waals surface area contributed by atoms with Gasteiger partial charge in [0.2, 0.25) is 0 Å². The molecule has 0 amide bonds. The second-order valence-corrected chi connectivity index (χ2v) is 4.53. The highest BCUT2D eigenvalue weighted by Gasteiger charge is 2.11. The van der Waals surface area contributed by atoms with Crippen LogP contribution in [-0.4, -0.2) is 0 Å². The van der Waals surface area contributed by atoms with Crippen LogP contribution in [0.2, 0.25) is 5.02 Å². The van der Waals surface area contributed by atoms with E-state index in [1.54, 1.807) is 36.4 Å². The van der Waals surface area contributed by atoms with Crippen LogP contribution in [-0.2, 0) is 0 Å². The maximum absolute atomic E-state index is 13.6. The third-order valence-corrected chi connectivity index (χ3v) is 3.05. The first-order valence-corrected chi connectivity index (χ1v) is 6.01. The van der Waals surface area contributed by atoms with Crippen molar-refractivity contribution in [1.82, 2.24) is 0 Å². The molecule has 0 radical (unpaired) electrons. The van der Waals surface area contributed by atoms with Crippen LogP contribution in [0.25, 0.3) is 0 Å². The van der Waals surface area contributed by atoms with Gasteiger partial charge in [-0.1, -0.05) is 29.8 Å². The van der Waals surface area contributed by atoms with Crippen LogP contribution in [0.15, 0.2) is 42.5 Å². The van der Waals surface area contributed by atoms with Crippen LogP contribution in [0.3, 0.4) is 0 Å². The molecular formula is C14H14ClFN2. The molecule has 1 unspecified atom stereocenters. The molecule has 2 rings (SSSR count). The van der Waals surface area contributed by atoms with Gasteiger partial charge in [-0.15, -0.1) is 0 Å². The summed E-state index contributed by atoms with van der Waals surface area (Å²) >= 11 is 6.06. The number of benzene rings is 2. The molecule has 2 aromatic rings. The van der Waals surface area contributed by atoms with Gasteiger partial charge in [0, 0.05) is 11.3 Å². The minimum Gasteiger partial charge on any atom is -0.399 e. The van der Waals surface area contributed by atoms with Crippen molar-refractivity contribution in [3.05, 3.63) is 58.9 Å². The second-order valence-electron chi connectivity index (χ2n) is 4.13. The van der Waals surface area contributed by atoms with Crippen LogP contribution < -0.4 is 11.1 Å². The van der Waals surface area contributed by atoms with Gasteiger partial charge < -0.3 is 11.1 Å². The number of hydrogen-bond donors (Lipinski definition) is 2. The number of nitrogens with one attached hydrogen (secondary N) is 1. The van der Waals surface area contributed by atoms with Crippen molar-refractivity contribution >= 4 is 23.0 Å². The van der Waals surface area contributed by atoms with Gasteiger partial charge in [-0.2, -0.15) is 0 Å². The van der Waals surface area contributed by atoms with E-state index < -0.39 is 0 Å². The molecule has 0 aliphatic rings. The molecule has 4 heteroatoms. The van der Waals surface area contributed by atoms with Gasteiger partial charge in [0.1, 0.15) is 5.82 Å². The monoisotopic (exact) mass is 264 g/mol. The Bertz CT molecular complexity index is 557. The van der Waals surface area contributed by atoms with Crippen LogP contribution in [0, 0.1) is 5.82 Å². The molecule has 1 atom stereocenters. The number of nitrogens with two attached hydrogens (primary N) is 1. The highest BCUT2D eigenvalue weighted by Crippen LogP contribution is 2.28. The Labute approximate surface area is 111 Å². The average molecular weight is 265 g/mol. The van der Waals surface area contributed by atoms with Gasteiger partial charge >= 0.3 is 0 Å². The molecule has 0 saturated heterocycles. The van der Waals surface area contributed by atoms with Crippen LogP contribution >= 0.6 is 11.6 Å². The summed E-state index contributed by atoms with van der Waals surface area (Å²) in [6.45, 7) is 1.88. The topological polar surface area (TPSA) is 38.0 Å². The number of anilines is 2. The highest BCUT2D eigenvalue weighted by atomic mass is 35.5. The first-order chi connectivity index (χ1) is 8.58. The summed E-state index contributed by atoms with van der Waals surface area (Å²) in [6, 6.07) is 11.7. The molecule has 0 heterocycles. The third kappa shape index (κ3) is 2.74. The molecule has 2 aromatic carbocycles. The van der Waals surface area contributed by atoms with Crippen molar-refractivity contribution < 1.29 is 4.39 Å². The Kier molecular flexibility index (Phi) is 3.72. The Balaban J connectivity index is 2.21. The quantitative estimate of drug-likeness (QED) is 0.814. The first kappa shape index (κ1) is 12.7. The number of nitrogen functional groups attached to an aromatic ring is 1. The predicted octanol–water partition coefficient (Wildman–Crippen LogP) is 4.23. The number of hydrogen-bond acceptors (Lipinski definition) is 2.